The molecular weight excluding hydrogens is 332 g/mol. The molecule has 0 aromatic heterocycles. The number of amides is 1. The minimum atomic E-state index is -0.127. The highest BCUT2D eigenvalue weighted by atomic mass is 16.5. The van der Waals surface area contributed by atoms with Crippen LogP contribution in [0.25, 0.3) is 0 Å². The molecule has 26 heavy (non-hydrogen) atoms. The summed E-state index contributed by atoms with van der Waals surface area (Å²) in [6.07, 6.45) is 0.955. The Labute approximate surface area is 154 Å². The summed E-state index contributed by atoms with van der Waals surface area (Å²) in [6.45, 7) is 3.94. The van der Waals surface area contributed by atoms with E-state index in [0.29, 0.717) is 19.8 Å². The lowest BCUT2D eigenvalue weighted by atomic mass is 10.3. The van der Waals surface area contributed by atoms with Crippen LogP contribution in [0.1, 0.15) is 13.3 Å². The van der Waals surface area contributed by atoms with Gasteiger partial charge in [-0.1, -0.05) is 13.0 Å². The highest BCUT2D eigenvalue weighted by molar-refractivity contribution is 5.93. The molecule has 0 radical (unpaired) electrons. The van der Waals surface area contributed by atoms with Gasteiger partial charge < -0.3 is 24.8 Å². The van der Waals surface area contributed by atoms with E-state index < -0.39 is 0 Å². The van der Waals surface area contributed by atoms with Crippen LogP contribution in [0.15, 0.2) is 48.5 Å². The molecule has 2 rings (SSSR count). The molecule has 0 saturated heterocycles. The van der Waals surface area contributed by atoms with E-state index in [1.54, 1.807) is 19.2 Å². The minimum absolute atomic E-state index is 0.127. The molecule has 0 saturated carbocycles. The Kier molecular flexibility index (Phi) is 8.29. The van der Waals surface area contributed by atoms with Gasteiger partial charge in [0.15, 0.2) is 0 Å². The molecule has 0 spiro atoms. The molecule has 0 fully saturated rings. The van der Waals surface area contributed by atoms with Crippen LogP contribution in [-0.4, -0.2) is 39.4 Å². The first-order valence-corrected chi connectivity index (χ1v) is 8.69. The van der Waals surface area contributed by atoms with Crippen molar-refractivity contribution in [2.45, 2.75) is 13.3 Å². The van der Waals surface area contributed by atoms with Crippen molar-refractivity contribution < 1.29 is 19.0 Å². The maximum Gasteiger partial charge on any atom is 0.243 e. The average molecular weight is 358 g/mol. The number of hydrogen-bond acceptors (Lipinski definition) is 5. The van der Waals surface area contributed by atoms with Crippen molar-refractivity contribution in [1.82, 2.24) is 0 Å². The molecule has 140 valence electrons. The van der Waals surface area contributed by atoms with Gasteiger partial charge in [-0.05, 0) is 42.8 Å². The van der Waals surface area contributed by atoms with Gasteiger partial charge in [-0.25, -0.2) is 0 Å². The molecule has 0 atom stereocenters. The van der Waals surface area contributed by atoms with Gasteiger partial charge >= 0.3 is 0 Å². The molecule has 0 aliphatic heterocycles. The number of benzene rings is 2. The smallest absolute Gasteiger partial charge is 0.243 e. The fraction of sp³-hybridized carbons (Fsp3) is 0.350. The summed E-state index contributed by atoms with van der Waals surface area (Å²) in [7, 11) is 1.63. The molecule has 0 heterocycles. The van der Waals surface area contributed by atoms with Crippen molar-refractivity contribution in [3.8, 4) is 11.5 Å². The predicted molar refractivity (Wildman–Crippen MR) is 103 cm³/mol. The molecule has 6 nitrogen and oxygen atoms in total. The topological polar surface area (TPSA) is 68.8 Å². The molecule has 0 aliphatic carbocycles. The third kappa shape index (κ3) is 7.03. The Hall–Kier alpha value is -2.73. The van der Waals surface area contributed by atoms with Crippen molar-refractivity contribution in [2.75, 3.05) is 44.1 Å². The van der Waals surface area contributed by atoms with E-state index in [1.165, 1.54) is 0 Å². The summed E-state index contributed by atoms with van der Waals surface area (Å²) in [5.41, 5.74) is 1.56. The van der Waals surface area contributed by atoms with Gasteiger partial charge in [0, 0.05) is 24.6 Å². The first kappa shape index (κ1) is 19.6. The first-order chi connectivity index (χ1) is 12.7. The van der Waals surface area contributed by atoms with Gasteiger partial charge in [-0.2, -0.15) is 0 Å². The van der Waals surface area contributed by atoms with Crippen LogP contribution in [0.2, 0.25) is 0 Å². The summed E-state index contributed by atoms with van der Waals surface area (Å²) in [6, 6.07) is 14.8. The minimum Gasteiger partial charge on any atom is -0.494 e. The zero-order chi connectivity index (χ0) is 18.6. The number of hydrogen-bond donors (Lipinski definition) is 2. The van der Waals surface area contributed by atoms with E-state index in [9.17, 15) is 4.79 Å². The van der Waals surface area contributed by atoms with Crippen molar-refractivity contribution in [1.29, 1.82) is 0 Å². The van der Waals surface area contributed by atoms with E-state index in [4.69, 9.17) is 14.2 Å². The van der Waals surface area contributed by atoms with Crippen LogP contribution in [0.3, 0.4) is 0 Å². The van der Waals surface area contributed by atoms with Crippen LogP contribution in [-0.2, 0) is 9.53 Å². The number of carbonyl (C=O) groups is 1. The molecule has 2 N–H and O–H groups in total. The second kappa shape index (κ2) is 11.0. The number of anilines is 2. The summed E-state index contributed by atoms with van der Waals surface area (Å²) in [5.74, 6) is 1.40. The number of rotatable bonds is 11. The van der Waals surface area contributed by atoms with Crippen LogP contribution in [0.5, 0.6) is 11.5 Å². The second-order valence-electron chi connectivity index (χ2n) is 5.64. The van der Waals surface area contributed by atoms with Gasteiger partial charge in [-0.15, -0.1) is 0 Å². The quantitative estimate of drug-likeness (QED) is 0.601. The average Bonchev–Trinajstić information content (AvgIpc) is 2.67. The largest absolute Gasteiger partial charge is 0.494 e. The van der Waals surface area contributed by atoms with Gasteiger partial charge in [0.2, 0.25) is 5.91 Å². The highest BCUT2D eigenvalue weighted by Gasteiger charge is 2.04. The van der Waals surface area contributed by atoms with E-state index in [1.807, 2.05) is 36.4 Å². The van der Waals surface area contributed by atoms with Crippen LogP contribution < -0.4 is 20.1 Å². The Morgan fingerprint density at radius 1 is 0.923 bits per heavy atom. The van der Waals surface area contributed by atoms with Crippen LogP contribution in [0, 0.1) is 0 Å². The number of nitrogens with one attached hydrogen (secondary N) is 2. The molecule has 0 aliphatic rings. The van der Waals surface area contributed by atoms with E-state index in [-0.39, 0.29) is 12.5 Å². The summed E-state index contributed by atoms with van der Waals surface area (Å²) >= 11 is 0. The van der Waals surface area contributed by atoms with E-state index in [0.717, 1.165) is 29.3 Å². The molecule has 0 bridgehead atoms. The summed E-state index contributed by atoms with van der Waals surface area (Å²) < 4.78 is 16.0. The number of methoxy groups -OCH3 is 1. The normalized spacial score (nSPS) is 10.2. The van der Waals surface area contributed by atoms with Crippen LogP contribution in [0.4, 0.5) is 11.4 Å². The number of carbonyl (C=O) groups excluding carboxylic acids is 1. The standard InChI is InChI=1S/C20H26N2O4/c1-3-11-25-19-6-4-5-17(14-19)21-15-20(23)22-16-7-9-18(10-8-16)26-13-12-24-2/h4-10,14,21H,3,11-13,15H2,1-2H3,(H,22,23). The first-order valence-electron chi connectivity index (χ1n) is 8.69. The monoisotopic (exact) mass is 358 g/mol. The third-order valence-electron chi connectivity index (χ3n) is 3.45. The highest BCUT2D eigenvalue weighted by Crippen LogP contribution is 2.18. The van der Waals surface area contributed by atoms with Crippen LogP contribution >= 0.6 is 0 Å². The van der Waals surface area contributed by atoms with Gasteiger partial charge in [0.1, 0.15) is 18.1 Å². The lowest BCUT2D eigenvalue weighted by Gasteiger charge is -2.10. The predicted octanol–water partition coefficient (Wildman–Crippen LogP) is 3.55. The Balaban J connectivity index is 1.78. The van der Waals surface area contributed by atoms with Gasteiger partial charge in [0.05, 0.1) is 19.8 Å². The molecule has 2 aromatic rings. The second-order valence-corrected chi connectivity index (χ2v) is 5.64. The fourth-order valence-electron chi connectivity index (χ4n) is 2.18. The molecule has 2 aromatic carbocycles. The summed E-state index contributed by atoms with van der Waals surface area (Å²) in [5, 5.41) is 5.94. The molecule has 0 unspecified atom stereocenters. The summed E-state index contributed by atoms with van der Waals surface area (Å²) in [4.78, 5) is 12.1. The Morgan fingerprint density at radius 2 is 1.69 bits per heavy atom. The fourth-order valence-corrected chi connectivity index (χ4v) is 2.18. The van der Waals surface area contributed by atoms with Crippen molar-refractivity contribution >= 4 is 17.3 Å². The van der Waals surface area contributed by atoms with Crippen molar-refractivity contribution in [2.24, 2.45) is 0 Å². The van der Waals surface area contributed by atoms with E-state index >= 15 is 0 Å². The van der Waals surface area contributed by atoms with E-state index in [2.05, 4.69) is 17.6 Å². The van der Waals surface area contributed by atoms with Gasteiger partial charge in [0.25, 0.3) is 0 Å². The lowest BCUT2D eigenvalue weighted by Crippen LogP contribution is -2.21. The zero-order valence-corrected chi connectivity index (χ0v) is 15.3. The molecular formula is C20H26N2O4. The third-order valence-corrected chi connectivity index (χ3v) is 3.45. The van der Waals surface area contributed by atoms with Crippen molar-refractivity contribution in [3.05, 3.63) is 48.5 Å². The van der Waals surface area contributed by atoms with Crippen molar-refractivity contribution in [3.63, 3.8) is 0 Å². The van der Waals surface area contributed by atoms with Gasteiger partial charge in [-0.3, -0.25) is 4.79 Å². The Morgan fingerprint density at radius 3 is 2.42 bits per heavy atom. The molecule has 6 heteroatoms. The Bertz CT molecular complexity index is 674. The number of ether oxygens (including phenoxy) is 3. The maximum absolute atomic E-state index is 12.1. The zero-order valence-electron chi connectivity index (χ0n) is 15.3. The SMILES string of the molecule is CCCOc1cccc(NCC(=O)Nc2ccc(OCCOC)cc2)c1. The lowest BCUT2D eigenvalue weighted by molar-refractivity contribution is -0.114. The maximum atomic E-state index is 12.1. The molecule has 1 amide bonds.